The van der Waals surface area contributed by atoms with Gasteiger partial charge in [-0.2, -0.15) is 0 Å². The van der Waals surface area contributed by atoms with Crippen LogP contribution in [-0.4, -0.2) is 18.4 Å². The van der Waals surface area contributed by atoms with Crippen LogP contribution < -0.4 is 0 Å². The molecule has 0 saturated carbocycles. The quantitative estimate of drug-likeness (QED) is 0.102. The lowest BCUT2D eigenvalue weighted by Gasteiger charge is -2.06. The highest BCUT2D eigenvalue weighted by Gasteiger charge is 2.03. The Morgan fingerprint density at radius 3 is 1.34 bits per heavy atom. The Balaban J connectivity index is 3.13. The molecule has 190 valence electrons. The van der Waals surface area contributed by atoms with Gasteiger partial charge < -0.3 is 9.53 Å². The summed E-state index contributed by atoms with van der Waals surface area (Å²) in [6.45, 7) is 6.81. The van der Waals surface area contributed by atoms with Crippen LogP contribution in [0.4, 0.5) is 0 Å². The maximum atomic E-state index is 11.7. The number of hydrogen-bond acceptors (Lipinski definition) is 3. The molecule has 0 aromatic heterocycles. The van der Waals surface area contributed by atoms with Gasteiger partial charge in [-0.15, -0.1) is 0 Å². The van der Waals surface area contributed by atoms with Gasteiger partial charge in [0.2, 0.25) is 0 Å². The van der Waals surface area contributed by atoms with Crippen LogP contribution in [0.1, 0.15) is 162 Å². The molecule has 0 spiro atoms. The number of Topliss-reactive ketones (excluding diaryl/α,β-unsaturated/α-hetero) is 1. The van der Waals surface area contributed by atoms with E-state index in [0.717, 1.165) is 38.0 Å². The first-order valence-corrected chi connectivity index (χ1v) is 14.2. The second-order valence-electron chi connectivity index (χ2n) is 10.3. The number of hydrogen-bond donors (Lipinski definition) is 0. The number of ketones is 1. The van der Waals surface area contributed by atoms with Crippen molar-refractivity contribution in [3.8, 4) is 0 Å². The molecule has 0 aliphatic heterocycles. The molecule has 0 atom stereocenters. The van der Waals surface area contributed by atoms with Crippen molar-refractivity contribution in [1.29, 1.82) is 0 Å². The van der Waals surface area contributed by atoms with Gasteiger partial charge in [-0.25, -0.2) is 0 Å². The van der Waals surface area contributed by atoms with Gasteiger partial charge in [-0.1, -0.05) is 123 Å². The van der Waals surface area contributed by atoms with E-state index in [1.807, 2.05) is 0 Å². The molecule has 0 aromatic rings. The van der Waals surface area contributed by atoms with Crippen LogP contribution in [-0.2, 0) is 14.3 Å². The minimum atomic E-state index is -0.000730. The third-order valence-electron chi connectivity index (χ3n) is 6.35. The highest BCUT2D eigenvalue weighted by molar-refractivity contribution is 5.75. The molecule has 0 saturated heterocycles. The summed E-state index contributed by atoms with van der Waals surface area (Å²) in [5.41, 5.74) is 0. The highest BCUT2D eigenvalue weighted by atomic mass is 16.5. The first kappa shape index (κ1) is 31.1. The number of carbonyl (C=O) groups is 2. The van der Waals surface area contributed by atoms with Crippen LogP contribution in [0.15, 0.2) is 0 Å². The van der Waals surface area contributed by atoms with Crippen molar-refractivity contribution in [2.45, 2.75) is 162 Å². The van der Waals surface area contributed by atoms with Crippen molar-refractivity contribution in [2.75, 3.05) is 6.61 Å². The third-order valence-corrected chi connectivity index (χ3v) is 6.35. The van der Waals surface area contributed by atoms with Crippen LogP contribution in [0.25, 0.3) is 0 Å². The fraction of sp³-hybridized carbons (Fsp3) is 0.931. The van der Waals surface area contributed by atoms with Gasteiger partial charge in [0.1, 0.15) is 5.78 Å². The highest BCUT2D eigenvalue weighted by Crippen LogP contribution is 2.14. The number of carbonyl (C=O) groups excluding carboxylic acids is 2. The Kier molecular flexibility index (Phi) is 24.1. The van der Waals surface area contributed by atoms with E-state index >= 15 is 0 Å². The van der Waals surface area contributed by atoms with Crippen molar-refractivity contribution in [2.24, 2.45) is 5.92 Å². The third kappa shape index (κ3) is 27.2. The molecular weight excluding hydrogens is 396 g/mol. The molecule has 0 heterocycles. The van der Waals surface area contributed by atoms with E-state index in [4.69, 9.17) is 4.74 Å². The molecule has 0 aromatic carbocycles. The summed E-state index contributed by atoms with van der Waals surface area (Å²) in [5, 5.41) is 0. The molecule has 0 unspecified atom stereocenters. The molecule has 3 nitrogen and oxygen atoms in total. The van der Waals surface area contributed by atoms with Gasteiger partial charge in [0.15, 0.2) is 0 Å². The second-order valence-corrected chi connectivity index (χ2v) is 10.3. The Morgan fingerprint density at radius 1 is 0.531 bits per heavy atom. The molecular formula is C29H56O3. The molecule has 32 heavy (non-hydrogen) atoms. The van der Waals surface area contributed by atoms with Crippen molar-refractivity contribution in [1.82, 2.24) is 0 Å². The van der Waals surface area contributed by atoms with Gasteiger partial charge in [-0.3, -0.25) is 4.79 Å². The largest absolute Gasteiger partial charge is 0.466 e. The first-order valence-electron chi connectivity index (χ1n) is 14.2. The molecule has 0 aliphatic carbocycles. The SMILES string of the molecule is CC(=O)CCCCCCCCCCCCCCCCCCOC(=O)CCCCCC(C)C. The topological polar surface area (TPSA) is 43.4 Å². The maximum absolute atomic E-state index is 11.7. The summed E-state index contributed by atoms with van der Waals surface area (Å²) in [6, 6.07) is 0. The smallest absolute Gasteiger partial charge is 0.305 e. The Labute approximate surface area is 200 Å². The summed E-state index contributed by atoms with van der Waals surface area (Å²) < 4.78 is 5.35. The van der Waals surface area contributed by atoms with E-state index in [2.05, 4.69) is 13.8 Å². The lowest BCUT2D eigenvalue weighted by atomic mass is 10.0. The standard InChI is InChI=1S/C29H56O3/c1-27(2)23-19-18-21-25-29(31)32-26-22-17-15-13-11-9-7-5-4-6-8-10-12-14-16-20-24-28(3)30/h27H,4-26H2,1-3H3. The average molecular weight is 453 g/mol. The van der Waals surface area contributed by atoms with Crippen molar-refractivity contribution in [3.05, 3.63) is 0 Å². The molecule has 0 amide bonds. The number of esters is 1. The predicted octanol–water partition coefficient (Wildman–Crippen LogP) is 9.36. The Hall–Kier alpha value is -0.860. The van der Waals surface area contributed by atoms with Gasteiger partial charge in [-0.05, 0) is 32.1 Å². The Bertz CT molecular complexity index is 417. The van der Waals surface area contributed by atoms with Gasteiger partial charge in [0.05, 0.1) is 6.61 Å². The predicted molar refractivity (Wildman–Crippen MR) is 138 cm³/mol. The van der Waals surface area contributed by atoms with Crippen LogP contribution in [0.2, 0.25) is 0 Å². The molecule has 0 radical (unpaired) electrons. The summed E-state index contributed by atoms with van der Waals surface area (Å²) in [4.78, 5) is 22.6. The van der Waals surface area contributed by atoms with Crippen LogP contribution >= 0.6 is 0 Å². The average Bonchev–Trinajstić information content (AvgIpc) is 2.74. The van der Waals surface area contributed by atoms with Gasteiger partial charge in [0.25, 0.3) is 0 Å². The van der Waals surface area contributed by atoms with Crippen molar-refractivity contribution < 1.29 is 14.3 Å². The lowest BCUT2D eigenvalue weighted by Crippen LogP contribution is -2.05. The number of unbranched alkanes of at least 4 members (excludes halogenated alkanes) is 17. The van der Waals surface area contributed by atoms with E-state index in [1.165, 1.54) is 103 Å². The summed E-state index contributed by atoms with van der Waals surface area (Å²) in [7, 11) is 0. The van der Waals surface area contributed by atoms with Gasteiger partial charge >= 0.3 is 5.97 Å². The fourth-order valence-electron chi connectivity index (χ4n) is 4.21. The van der Waals surface area contributed by atoms with E-state index < -0.39 is 0 Å². The summed E-state index contributed by atoms with van der Waals surface area (Å²) in [6.07, 6.45) is 26.8. The van der Waals surface area contributed by atoms with E-state index in [0.29, 0.717) is 18.8 Å². The second kappa shape index (κ2) is 24.8. The van der Waals surface area contributed by atoms with Crippen molar-refractivity contribution >= 4 is 11.8 Å². The van der Waals surface area contributed by atoms with E-state index in [9.17, 15) is 9.59 Å². The van der Waals surface area contributed by atoms with E-state index in [1.54, 1.807) is 6.92 Å². The minimum Gasteiger partial charge on any atom is -0.466 e. The molecule has 0 aliphatic rings. The zero-order valence-corrected chi connectivity index (χ0v) is 22.1. The summed E-state index contributed by atoms with van der Waals surface area (Å²) in [5.74, 6) is 1.10. The van der Waals surface area contributed by atoms with Crippen LogP contribution in [0, 0.1) is 5.92 Å². The lowest BCUT2D eigenvalue weighted by molar-refractivity contribution is -0.143. The molecule has 0 N–H and O–H groups in total. The first-order chi connectivity index (χ1) is 15.5. The van der Waals surface area contributed by atoms with Crippen molar-refractivity contribution in [3.63, 3.8) is 0 Å². The monoisotopic (exact) mass is 452 g/mol. The molecule has 0 rings (SSSR count). The maximum Gasteiger partial charge on any atom is 0.305 e. The minimum absolute atomic E-state index is 0.000730. The molecule has 0 fully saturated rings. The number of ether oxygens (including phenoxy) is 1. The zero-order valence-electron chi connectivity index (χ0n) is 22.1. The van der Waals surface area contributed by atoms with Gasteiger partial charge in [0, 0.05) is 12.8 Å². The fourth-order valence-corrected chi connectivity index (χ4v) is 4.21. The normalized spacial score (nSPS) is 11.2. The number of rotatable bonds is 25. The zero-order chi connectivity index (χ0) is 23.7. The van der Waals surface area contributed by atoms with E-state index in [-0.39, 0.29) is 5.97 Å². The van der Waals surface area contributed by atoms with Crippen LogP contribution in [0.5, 0.6) is 0 Å². The van der Waals surface area contributed by atoms with Crippen LogP contribution in [0.3, 0.4) is 0 Å². The molecule has 3 heteroatoms. The Morgan fingerprint density at radius 2 is 0.906 bits per heavy atom. The summed E-state index contributed by atoms with van der Waals surface area (Å²) >= 11 is 0. The molecule has 0 bridgehead atoms.